The monoisotopic (exact) mass is 467 g/mol. The molecule has 0 spiro atoms. The van der Waals surface area contributed by atoms with E-state index in [0.717, 1.165) is 21.4 Å². The van der Waals surface area contributed by atoms with Crippen molar-refractivity contribution in [3.8, 4) is 11.8 Å². The highest BCUT2D eigenvalue weighted by atomic mass is 35.5. The fourth-order valence-electron chi connectivity index (χ4n) is 2.83. The Kier molecular flexibility index (Phi) is 5.70. The molecule has 0 saturated heterocycles. The van der Waals surface area contributed by atoms with Crippen LogP contribution in [0.15, 0.2) is 77.0 Å². The molecule has 5 nitrogen and oxygen atoms in total. The first-order chi connectivity index (χ1) is 14.8. The zero-order chi connectivity index (χ0) is 22.0. The van der Waals surface area contributed by atoms with E-state index in [1.54, 1.807) is 60.7 Å². The van der Waals surface area contributed by atoms with E-state index in [1.165, 1.54) is 12.1 Å². The lowest BCUT2D eigenvalue weighted by Gasteiger charge is -2.08. The first kappa shape index (κ1) is 20.9. The third-order valence-corrected chi connectivity index (χ3v) is 7.56. The number of nitrogens with one attached hydrogen (secondary N) is 1. The minimum Gasteiger partial charge on any atom is -0.478 e. The van der Waals surface area contributed by atoms with Gasteiger partial charge in [0.1, 0.15) is 4.21 Å². The van der Waals surface area contributed by atoms with E-state index in [2.05, 4.69) is 16.6 Å². The molecule has 0 atom stereocenters. The number of aromatic carboxylic acids is 1. The van der Waals surface area contributed by atoms with E-state index in [0.29, 0.717) is 21.8 Å². The molecule has 3 aromatic carbocycles. The number of hydrogen-bond acceptors (Lipinski definition) is 4. The molecule has 2 N–H and O–H groups in total. The van der Waals surface area contributed by atoms with Gasteiger partial charge in [-0.05, 0) is 66.0 Å². The Morgan fingerprint density at radius 2 is 1.71 bits per heavy atom. The number of thiophene rings is 1. The molecule has 1 aromatic heterocycles. The molecule has 0 aliphatic carbocycles. The molecule has 0 saturated carbocycles. The Morgan fingerprint density at radius 1 is 0.968 bits per heavy atom. The summed E-state index contributed by atoms with van der Waals surface area (Å²) >= 11 is 7.16. The summed E-state index contributed by atoms with van der Waals surface area (Å²) < 4.78 is 29.5. The van der Waals surface area contributed by atoms with E-state index in [1.807, 2.05) is 0 Å². The SMILES string of the molecule is O=C(O)c1ccc(C#Cc2ccccc2NS(=O)(=O)c2cc3cc(Cl)ccc3s2)cc1. The molecule has 0 aliphatic heterocycles. The van der Waals surface area contributed by atoms with Gasteiger partial charge in [0.25, 0.3) is 10.0 Å². The summed E-state index contributed by atoms with van der Waals surface area (Å²) in [5, 5.41) is 10.3. The average Bonchev–Trinajstić information content (AvgIpc) is 3.17. The van der Waals surface area contributed by atoms with E-state index >= 15 is 0 Å². The topological polar surface area (TPSA) is 83.5 Å². The van der Waals surface area contributed by atoms with Crippen molar-refractivity contribution in [2.24, 2.45) is 0 Å². The summed E-state index contributed by atoms with van der Waals surface area (Å²) in [5.74, 6) is 4.87. The number of fused-ring (bicyclic) bond motifs is 1. The van der Waals surface area contributed by atoms with Gasteiger partial charge in [0.15, 0.2) is 0 Å². The summed E-state index contributed by atoms with van der Waals surface area (Å²) in [6, 6.07) is 19.8. The van der Waals surface area contributed by atoms with Crippen LogP contribution in [0.4, 0.5) is 5.69 Å². The van der Waals surface area contributed by atoms with Gasteiger partial charge >= 0.3 is 5.97 Å². The Balaban J connectivity index is 1.63. The molecule has 4 aromatic rings. The number of sulfonamides is 1. The normalized spacial score (nSPS) is 11.0. The maximum atomic E-state index is 12.9. The smallest absolute Gasteiger partial charge is 0.335 e. The average molecular weight is 468 g/mol. The molecule has 1 heterocycles. The molecule has 154 valence electrons. The lowest BCUT2D eigenvalue weighted by atomic mass is 10.1. The van der Waals surface area contributed by atoms with Crippen molar-refractivity contribution in [1.82, 2.24) is 0 Å². The number of carbonyl (C=O) groups is 1. The van der Waals surface area contributed by atoms with Crippen LogP contribution in [0.5, 0.6) is 0 Å². The Morgan fingerprint density at radius 3 is 2.45 bits per heavy atom. The van der Waals surface area contributed by atoms with Crippen LogP contribution in [0.1, 0.15) is 21.5 Å². The molecule has 0 fully saturated rings. The van der Waals surface area contributed by atoms with Crippen molar-refractivity contribution < 1.29 is 18.3 Å². The zero-order valence-electron chi connectivity index (χ0n) is 15.8. The quantitative estimate of drug-likeness (QED) is 0.391. The van der Waals surface area contributed by atoms with Gasteiger partial charge in [-0.15, -0.1) is 11.3 Å². The molecule has 0 bridgehead atoms. The van der Waals surface area contributed by atoms with Crippen LogP contribution >= 0.6 is 22.9 Å². The maximum absolute atomic E-state index is 12.9. The number of carboxylic acid groups (broad SMARTS) is 1. The highest BCUT2D eigenvalue weighted by Gasteiger charge is 2.19. The maximum Gasteiger partial charge on any atom is 0.335 e. The predicted octanol–water partition coefficient (Wildman–Crippen LogP) is 5.45. The zero-order valence-corrected chi connectivity index (χ0v) is 18.2. The summed E-state index contributed by atoms with van der Waals surface area (Å²) in [6.07, 6.45) is 0. The van der Waals surface area contributed by atoms with E-state index < -0.39 is 16.0 Å². The minimum absolute atomic E-state index is 0.170. The van der Waals surface area contributed by atoms with Gasteiger partial charge in [-0.2, -0.15) is 0 Å². The molecule has 0 aliphatic rings. The number of carboxylic acids is 1. The molecule has 31 heavy (non-hydrogen) atoms. The van der Waals surface area contributed by atoms with Crippen LogP contribution in [0, 0.1) is 11.8 Å². The Hall–Kier alpha value is -3.31. The molecule has 4 rings (SSSR count). The van der Waals surface area contributed by atoms with Crippen molar-refractivity contribution in [2.75, 3.05) is 4.72 Å². The van der Waals surface area contributed by atoms with Gasteiger partial charge in [-0.25, -0.2) is 13.2 Å². The number of rotatable bonds is 4. The summed E-state index contributed by atoms with van der Waals surface area (Å²) in [7, 11) is -3.82. The predicted molar refractivity (Wildman–Crippen MR) is 123 cm³/mol. The van der Waals surface area contributed by atoms with Gasteiger partial charge in [0.05, 0.1) is 11.3 Å². The van der Waals surface area contributed by atoms with Crippen molar-refractivity contribution >= 4 is 54.7 Å². The molecule has 0 amide bonds. The Bertz CT molecular complexity index is 1460. The number of halogens is 1. The molecule has 0 radical (unpaired) electrons. The van der Waals surface area contributed by atoms with E-state index in [9.17, 15) is 13.2 Å². The van der Waals surface area contributed by atoms with E-state index in [4.69, 9.17) is 16.7 Å². The fourth-order valence-corrected chi connectivity index (χ4v) is 5.47. The van der Waals surface area contributed by atoms with E-state index in [-0.39, 0.29) is 9.77 Å². The first-order valence-electron chi connectivity index (χ1n) is 8.98. The number of hydrogen-bond donors (Lipinski definition) is 2. The minimum atomic E-state index is -3.82. The lowest BCUT2D eigenvalue weighted by molar-refractivity contribution is 0.0697. The Labute approximate surface area is 188 Å². The number of anilines is 1. The van der Waals surface area contributed by atoms with Crippen molar-refractivity contribution in [3.05, 3.63) is 94.5 Å². The second-order valence-electron chi connectivity index (χ2n) is 6.53. The van der Waals surface area contributed by atoms with Gasteiger partial charge in [0, 0.05) is 20.8 Å². The van der Waals surface area contributed by atoms with Crippen LogP contribution < -0.4 is 4.72 Å². The standard InChI is InChI=1S/C23H14ClNO4S2/c24-19-11-12-21-18(13-19)14-22(30-21)31(28,29)25-20-4-2-1-3-16(20)8-5-15-6-9-17(10-7-15)23(26)27/h1-4,6-7,9-14,25H,(H,26,27). The third-order valence-electron chi connectivity index (χ3n) is 4.37. The highest BCUT2D eigenvalue weighted by molar-refractivity contribution is 7.94. The molecule has 8 heteroatoms. The van der Waals surface area contributed by atoms with Crippen molar-refractivity contribution in [2.45, 2.75) is 4.21 Å². The molecular weight excluding hydrogens is 454 g/mol. The van der Waals surface area contributed by atoms with Crippen LogP contribution in [-0.2, 0) is 10.0 Å². The highest BCUT2D eigenvalue weighted by Crippen LogP contribution is 2.32. The van der Waals surface area contributed by atoms with Crippen LogP contribution in [-0.4, -0.2) is 19.5 Å². The van der Waals surface area contributed by atoms with Gasteiger partial charge in [-0.1, -0.05) is 35.6 Å². The number of para-hydroxylation sites is 1. The molecule has 0 unspecified atom stereocenters. The largest absolute Gasteiger partial charge is 0.478 e. The second-order valence-corrected chi connectivity index (χ2v) is 9.96. The van der Waals surface area contributed by atoms with Crippen molar-refractivity contribution in [3.63, 3.8) is 0 Å². The van der Waals surface area contributed by atoms with Crippen LogP contribution in [0.25, 0.3) is 10.1 Å². The first-order valence-corrected chi connectivity index (χ1v) is 11.7. The second kappa shape index (κ2) is 8.44. The van der Waals surface area contributed by atoms with Crippen molar-refractivity contribution in [1.29, 1.82) is 0 Å². The van der Waals surface area contributed by atoms with Gasteiger partial charge < -0.3 is 5.11 Å². The lowest BCUT2D eigenvalue weighted by Crippen LogP contribution is -2.12. The summed E-state index contributed by atoms with van der Waals surface area (Å²) in [4.78, 5) is 11.0. The summed E-state index contributed by atoms with van der Waals surface area (Å²) in [5.41, 5.74) is 1.64. The fraction of sp³-hybridized carbons (Fsp3) is 0. The van der Waals surface area contributed by atoms with Gasteiger partial charge in [-0.3, -0.25) is 4.72 Å². The van der Waals surface area contributed by atoms with Gasteiger partial charge in [0.2, 0.25) is 0 Å². The molecular formula is C23H14ClNO4S2. The number of benzene rings is 3. The summed E-state index contributed by atoms with van der Waals surface area (Å²) in [6.45, 7) is 0. The van der Waals surface area contributed by atoms with Crippen LogP contribution in [0.3, 0.4) is 0 Å². The third kappa shape index (κ3) is 4.72. The van der Waals surface area contributed by atoms with Crippen LogP contribution in [0.2, 0.25) is 5.02 Å².